The van der Waals surface area contributed by atoms with Gasteiger partial charge in [-0.1, -0.05) is 40.2 Å². The van der Waals surface area contributed by atoms with Gasteiger partial charge in [0, 0.05) is 34.3 Å². The first kappa shape index (κ1) is 20.7. The number of ketones is 2. The van der Waals surface area contributed by atoms with E-state index in [9.17, 15) is 18.4 Å². The van der Waals surface area contributed by atoms with Crippen LogP contribution < -0.4 is 0 Å². The van der Waals surface area contributed by atoms with Gasteiger partial charge in [0.25, 0.3) is 0 Å². The number of benzene rings is 2. The highest BCUT2D eigenvalue weighted by Gasteiger charge is 2.11. The summed E-state index contributed by atoms with van der Waals surface area (Å²) in [5.41, 5.74) is 1.50. The molecule has 0 amide bonds. The van der Waals surface area contributed by atoms with E-state index in [1.54, 1.807) is 36.4 Å². The minimum absolute atomic E-state index is 0.0759. The Bertz CT molecular complexity index is 1230. The number of nitrogens with zero attached hydrogens (tertiary/aromatic N) is 2. The summed E-state index contributed by atoms with van der Waals surface area (Å²) < 4.78 is 26.6. The molecule has 0 aliphatic rings. The van der Waals surface area contributed by atoms with Crippen LogP contribution in [0.5, 0.6) is 0 Å². The number of halogens is 3. The lowest BCUT2D eigenvalue weighted by molar-refractivity contribution is 0.101. The first-order valence-corrected chi connectivity index (χ1v) is 9.72. The number of fused-ring (bicyclic) bond motifs is 2. The van der Waals surface area contributed by atoms with Gasteiger partial charge in [0.05, 0.1) is 5.33 Å². The number of Topliss-reactive ketones (excluding diaryl/α,β-unsaturated/α-hetero) is 2. The van der Waals surface area contributed by atoms with E-state index in [1.807, 2.05) is 0 Å². The van der Waals surface area contributed by atoms with Crippen LogP contribution in [0.1, 0.15) is 27.6 Å². The highest BCUT2D eigenvalue weighted by molar-refractivity contribution is 9.09. The highest BCUT2D eigenvalue weighted by Crippen LogP contribution is 2.20. The molecule has 0 spiro atoms. The van der Waals surface area contributed by atoms with Gasteiger partial charge in [-0.25, -0.2) is 8.78 Å². The molecular weight excluding hydrogens is 442 g/mol. The van der Waals surface area contributed by atoms with Crippen molar-refractivity contribution < 1.29 is 18.4 Å². The van der Waals surface area contributed by atoms with Gasteiger partial charge < -0.3 is 0 Å². The minimum atomic E-state index is -0.406. The van der Waals surface area contributed by atoms with Crippen LogP contribution in [0.2, 0.25) is 0 Å². The molecule has 29 heavy (non-hydrogen) atoms. The zero-order valence-electron chi connectivity index (χ0n) is 15.3. The van der Waals surface area contributed by atoms with E-state index in [-0.39, 0.29) is 27.9 Å². The molecule has 0 N–H and O–H groups in total. The molecule has 0 radical (unpaired) electrons. The minimum Gasteiger partial charge on any atom is -0.294 e. The molecule has 7 heteroatoms. The number of carbonyl (C=O) groups excluding carboxylic acids is 2. The summed E-state index contributed by atoms with van der Waals surface area (Å²) in [6.45, 7) is 1.46. The predicted molar refractivity (Wildman–Crippen MR) is 112 cm³/mol. The van der Waals surface area contributed by atoms with Crippen LogP contribution >= 0.6 is 15.9 Å². The number of pyridine rings is 2. The second-order valence-electron chi connectivity index (χ2n) is 6.10. The summed E-state index contributed by atoms with van der Waals surface area (Å²) in [6.07, 6.45) is 2.89. The monoisotopic (exact) mass is 456 g/mol. The van der Waals surface area contributed by atoms with Crippen molar-refractivity contribution in [2.75, 3.05) is 5.33 Å². The van der Waals surface area contributed by atoms with E-state index in [2.05, 4.69) is 25.9 Å². The summed E-state index contributed by atoms with van der Waals surface area (Å²) in [5, 5.41) is 1.35. The average Bonchev–Trinajstić information content (AvgIpc) is 2.73. The van der Waals surface area contributed by atoms with Crippen molar-refractivity contribution >= 4 is 49.3 Å². The molecule has 0 aliphatic heterocycles. The second-order valence-corrected chi connectivity index (χ2v) is 6.66. The fraction of sp³-hybridized carbons (Fsp3) is 0.0909. The molecule has 2 heterocycles. The summed E-state index contributed by atoms with van der Waals surface area (Å²) >= 11 is 3.09. The zero-order chi connectivity index (χ0) is 21.0. The van der Waals surface area contributed by atoms with Crippen LogP contribution in [0.15, 0.2) is 60.9 Å². The molecule has 0 fully saturated rings. The van der Waals surface area contributed by atoms with E-state index in [0.717, 1.165) is 0 Å². The first-order valence-electron chi connectivity index (χ1n) is 8.60. The van der Waals surface area contributed by atoms with Crippen LogP contribution in [0.4, 0.5) is 8.78 Å². The average molecular weight is 457 g/mol. The molecule has 2 aromatic heterocycles. The molecule has 0 aliphatic carbocycles. The Hall–Kier alpha value is -3.06. The lowest BCUT2D eigenvalue weighted by Gasteiger charge is -2.03. The van der Waals surface area contributed by atoms with Gasteiger partial charge in [-0.05, 0) is 31.2 Å². The van der Waals surface area contributed by atoms with Gasteiger partial charge in [-0.15, -0.1) is 0 Å². The Morgan fingerprint density at radius 1 is 0.828 bits per heavy atom. The van der Waals surface area contributed by atoms with Crippen molar-refractivity contribution in [1.82, 2.24) is 9.97 Å². The zero-order valence-corrected chi connectivity index (χ0v) is 16.9. The maximum Gasteiger partial charge on any atom is 0.174 e. The van der Waals surface area contributed by atoms with Crippen molar-refractivity contribution in [3.63, 3.8) is 0 Å². The van der Waals surface area contributed by atoms with Gasteiger partial charge in [0.15, 0.2) is 11.6 Å². The van der Waals surface area contributed by atoms with Crippen molar-refractivity contribution in [3.8, 4) is 0 Å². The fourth-order valence-electron chi connectivity index (χ4n) is 2.90. The molecule has 146 valence electrons. The van der Waals surface area contributed by atoms with Gasteiger partial charge in [0.1, 0.15) is 22.7 Å². The molecule has 0 saturated heterocycles. The number of para-hydroxylation sites is 2. The topological polar surface area (TPSA) is 59.9 Å². The standard InChI is InChI=1S/C11H7BrFNO.C11H8FNO/c12-6-10(15)7-4-5-14-11-8(7)2-1-3-9(11)13;1-7(14)8-5-6-13-11-9(8)3-2-4-10(11)12/h1-5H,6H2;2-6H,1H3. The Morgan fingerprint density at radius 2 is 1.31 bits per heavy atom. The predicted octanol–water partition coefficient (Wildman–Crippen LogP) is 5.53. The van der Waals surface area contributed by atoms with Crippen LogP contribution in [-0.4, -0.2) is 26.9 Å². The lowest BCUT2D eigenvalue weighted by Crippen LogP contribution is -2.01. The van der Waals surface area contributed by atoms with Crippen molar-refractivity contribution in [2.45, 2.75) is 6.92 Å². The van der Waals surface area contributed by atoms with Crippen LogP contribution in [0.3, 0.4) is 0 Å². The number of hydrogen-bond acceptors (Lipinski definition) is 4. The van der Waals surface area contributed by atoms with E-state index in [4.69, 9.17) is 0 Å². The summed E-state index contributed by atoms with van der Waals surface area (Å²) in [7, 11) is 0. The number of aromatic nitrogens is 2. The molecule has 4 nitrogen and oxygen atoms in total. The second kappa shape index (κ2) is 8.96. The molecule has 4 rings (SSSR count). The maximum absolute atomic E-state index is 13.3. The molecule has 2 aromatic carbocycles. The quantitative estimate of drug-likeness (QED) is 0.300. The molecular formula is C22H15BrF2N2O2. The lowest BCUT2D eigenvalue weighted by atomic mass is 10.1. The van der Waals surface area contributed by atoms with Crippen LogP contribution in [0, 0.1) is 11.6 Å². The number of hydrogen-bond donors (Lipinski definition) is 0. The molecule has 0 bridgehead atoms. The maximum atomic E-state index is 13.3. The SMILES string of the molecule is CC(=O)c1ccnc2c(F)cccc12.O=C(CBr)c1ccnc2c(F)cccc12. The Morgan fingerprint density at radius 3 is 1.79 bits per heavy atom. The third kappa shape index (κ3) is 4.35. The Labute approximate surface area is 173 Å². The number of alkyl halides is 1. The molecule has 0 saturated carbocycles. The van der Waals surface area contributed by atoms with Crippen molar-refractivity contribution in [3.05, 3.63) is 83.7 Å². The number of carbonyl (C=O) groups is 2. The van der Waals surface area contributed by atoms with Gasteiger partial charge >= 0.3 is 0 Å². The Balaban J connectivity index is 0.000000166. The van der Waals surface area contributed by atoms with E-state index < -0.39 is 11.6 Å². The summed E-state index contributed by atoms with van der Waals surface area (Å²) in [6, 6.07) is 12.4. The normalized spacial score (nSPS) is 10.5. The summed E-state index contributed by atoms with van der Waals surface area (Å²) in [4.78, 5) is 30.6. The van der Waals surface area contributed by atoms with Crippen LogP contribution in [-0.2, 0) is 0 Å². The van der Waals surface area contributed by atoms with Crippen molar-refractivity contribution in [1.29, 1.82) is 0 Å². The third-order valence-corrected chi connectivity index (χ3v) is 4.75. The number of rotatable bonds is 3. The smallest absolute Gasteiger partial charge is 0.174 e. The highest BCUT2D eigenvalue weighted by atomic mass is 79.9. The van der Waals surface area contributed by atoms with Gasteiger partial charge in [-0.2, -0.15) is 0 Å². The molecule has 0 atom stereocenters. The van der Waals surface area contributed by atoms with E-state index in [0.29, 0.717) is 21.9 Å². The van der Waals surface area contributed by atoms with Crippen LogP contribution in [0.25, 0.3) is 21.8 Å². The van der Waals surface area contributed by atoms with Crippen molar-refractivity contribution in [2.24, 2.45) is 0 Å². The van der Waals surface area contributed by atoms with E-state index >= 15 is 0 Å². The fourth-order valence-corrected chi connectivity index (χ4v) is 3.20. The van der Waals surface area contributed by atoms with Gasteiger partial charge in [-0.3, -0.25) is 19.6 Å². The molecule has 4 aromatic rings. The third-order valence-electron chi connectivity index (χ3n) is 4.24. The molecule has 0 unspecified atom stereocenters. The van der Waals surface area contributed by atoms with E-state index in [1.165, 1.54) is 31.5 Å². The first-order chi connectivity index (χ1) is 13.9. The van der Waals surface area contributed by atoms with Gasteiger partial charge in [0.2, 0.25) is 0 Å². The largest absolute Gasteiger partial charge is 0.294 e. The Kier molecular flexibility index (Phi) is 6.39. The summed E-state index contributed by atoms with van der Waals surface area (Å²) in [5.74, 6) is -0.960.